The number of hydrogen-bond donors (Lipinski definition) is 2. The molecule has 2 aliphatic heterocycles. The molecule has 2 aromatic carbocycles. The summed E-state index contributed by atoms with van der Waals surface area (Å²) in [6.45, 7) is 7.12. The molecule has 0 saturated heterocycles. The molecule has 8 heteroatoms. The van der Waals surface area contributed by atoms with Crippen LogP contribution in [0.1, 0.15) is 76.5 Å². The smallest absolute Gasteiger partial charge is 0.343 e. The monoisotopic (exact) mass is 518 g/mol. The van der Waals surface area contributed by atoms with Gasteiger partial charge in [-0.1, -0.05) is 39.3 Å². The number of hydrogen-bond acceptors (Lipinski definition) is 7. The van der Waals surface area contributed by atoms with Gasteiger partial charge in [-0.2, -0.15) is 0 Å². The van der Waals surface area contributed by atoms with Crippen molar-refractivity contribution in [2.24, 2.45) is 11.3 Å². The number of anilines is 1. The molecule has 1 amide bonds. The zero-order chi connectivity index (χ0) is 25.7. The topological polar surface area (TPSA) is 85.9 Å². The third kappa shape index (κ3) is 4.33. The third-order valence-electron chi connectivity index (χ3n) is 8.09. The largest absolute Gasteiger partial charge is 0.454 e. The lowest BCUT2D eigenvalue weighted by Crippen LogP contribution is -2.38. The fraction of sp³-hybridized carbons (Fsp3) is 0.379. The molecule has 1 aliphatic carbocycles. The number of rotatable bonds is 5. The Labute approximate surface area is 220 Å². The van der Waals surface area contributed by atoms with Crippen molar-refractivity contribution in [3.05, 3.63) is 69.6 Å². The van der Waals surface area contributed by atoms with E-state index >= 15 is 0 Å². The van der Waals surface area contributed by atoms with Crippen molar-refractivity contribution >= 4 is 28.2 Å². The number of carbonyl (C=O) groups excluding carboxylic acids is 2. The zero-order valence-electron chi connectivity index (χ0n) is 21.2. The molecule has 0 radical (unpaired) electrons. The van der Waals surface area contributed by atoms with E-state index in [1.165, 1.54) is 10.4 Å². The fourth-order valence-corrected chi connectivity index (χ4v) is 6.69. The lowest BCUT2D eigenvalue weighted by molar-refractivity contribution is 0.0734. The second-order valence-corrected chi connectivity index (χ2v) is 11.7. The minimum Gasteiger partial charge on any atom is -0.454 e. The van der Waals surface area contributed by atoms with Crippen LogP contribution >= 0.6 is 11.3 Å². The maximum absolute atomic E-state index is 13.2. The van der Waals surface area contributed by atoms with E-state index in [1.54, 1.807) is 41.7 Å². The molecule has 6 rings (SSSR count). The fourth-order valence-electron chi connectivity index (χ4n) is 5.34. The summed E-state index contributed by atoms with van der Waals surface area (Å²) in [4.78, 5) is 27.1. The molecule has 2 atom stereocenters. The van der Waals surface area contributed by atoms with Crippen molar-refractivity contribution in [2.75, 3.05) is 12.1 Å². The average molecular weight is 519 g/mol. The van der Waals surface area contributed by atoms with Crippen molar-refractivity contribution in [3.8, 4) is 17.2 Å². The van der Waals surface area contributed by atoms with E-state index < -0.39 is 5.97 Å². The molecule has 2 N–H and O–H groups in total. The van der Waals surface area contributed by atoms with Crippen LogP contribution in [-0.4, -0.2) is 18.7 Å². The van der Waals surface area contributed by atoms with E-state index in [-0.39, 0.29) is 18.9 Å². The SMILES string of the molecule is CCC(C)(C)C1CCc2c(sc3c2C(=O)NC(c2ccc(OC(=O)c4ccc5c(c4)OCO5)cc2)N3)C1. The number of carbonyl (C=O) groups is 2. The first-order valence-electron chi connectivity index (χ1n) is 12.8. The first-order chi connectivity index (χ1) is 17.8. The van der Waals surface area contributed by atoms with Gasteiger partial charge in [-0.25, -0.2) is 4.79 Å². The molecule has 0 fully saturated rings. The van der Waals surface area contributed by atoms with Gasteiger partial charge in [-0.15, -0.1) is 11.3 Å². The Hall–Kier alpha value is -3.52. The summed E-state index contributed by atoms with van der Waals surface area (Å²) < 4.78 is 16.2. The van der Waals surface area contributed by atoms with E-state index in [0.717, 1.165) is 41.8 Å². The Morgan fingerprint density at radius 1 is 1.11 bits per heavy atom. The average Bonchev–Trinajstić information content (AvgIpc) is 3.52. The summed E-state index contributed by atoms with van der Waals surface area (Å²) in [6, 6.07) is 12.2. The minimum atomic E-state index is -0.478. The van der Waals surface area contributed by atoms with Crippen LogP contribution < -0.4 is 24.8 Å². The molecule has 1 aromatic heterocycles. The maximum Gasteiger partial charge on any atom is 0.343 e. The van der Waals surface area contributed by atoms with Crippen LogP contribution in [0.5, 0.6) is 17.2 Å². The molecular weight excluding hydrogens is 488 g/mol. The van der Waals surface area contributed by atoms with E-state index in [9.17, 15) is 9.59 Å². The number of esters is 1. The Kier molecular flexibility index (Phi) is 5.87. The minimum absolute atomic E-state index is 0.0252. The highest BCUT2D eigenvalue weighted by molar-refractivity contribution is 7.16. The van der Waals surface area contributed by atoms with Crippen molar-refractivity contribution in [2.45, 2.75) is 52.6 Å². The third-order valence-corrected chi connectivity index (χ3v) is 9.28. The van der Waals surface area contributed by atoms with Crippen LogP contribution in [-0.2, 0) is 12.8 Å². The number of amides is 1. The summed E-state index contributed by atoms with van der Waals surface area (Å²) in [5.74, 6) is 1.70. The second kappa shape index (κ2) is 9.10. The van der Waals surface area contributed by atoms with Crippen molar-refractivity contribution in [1.82, 2.24) is 5.32 Å². The lowest BCUT2D eigenvalue weighted by atomic mass is 9.69. The predicted molar refractivity (Wildman–Crippen MR) is 142 cm³/mol. The Morgan fingerprint density at radius 2 is 1.89 bits per heavy atom. The highest BCUT2D eigenvalue weighted by atomic mass is 32.1. The first kappa shape index (κ1) is 23.9. The molecule has 0 bridgehead atoms. The summed E-state index contributed by atoms with van der Waals surface area (Å²) in [6.07, 6.45) is 3.93. The van der Waals surface area contributed by atoms with Gasteiger partial charge in [0.1, 0.15) is 16.9 Å². The van der Waals surface area contributed by atoms with Crippen LogP contribution in [0.25, 0.3) is 0 Å². The number of fused-ring (bicyclic) bond motifs is 4. The van der Waals surface area contributed by atoms with Gasteiger partial charge in [-0.3, -0.25) is 4.79 Å². The number of nitrogens with one attached hydrogen (secondary N) is 2. The van der Waals surface area contributed by atoms with Gasteiger partial charge in [0.2, 0.25) is 6.79 Å². The number of thiophene rings is 1. The number of ether oxygens (including phenoxy) is 3. The van der Waals surface area contributed by atoms with Crippen LogP contribution in [0, 0.1) is 11.3 Å². The summed E-state index contributed by atoms with van der Waals surface area (Å²) >= 11 is 1.73. The van der Waals surface area contributed by atoms with Crippen LogP contribution in [0.3, 0.4) is 0 Å². The lowest BCUT2D eigenvalue weighted by Gasteiger charge is -2.36. The molecule has 7 nitrogen and oxygen atoms in total. The summed E-state index contributed by atoms with van der Waals surface area (Å²) in [5.41, 5.74) is 3.61. The van der Waals surface area contributed by atoms with Crippen molar-refractivity contribution < 1.29 is 23.8 Å². The van der Waals surface area contributed by atoms with Crippen molar-refractivity contribution in [3.63, 3.8) is 0 Å². The molecule has 3 aromatic rings. The van der Waals surface area contributed by atoms with E-state index in [1.807, 2.05) is 12.1 Å². The second-order valence-electron chi connectivity index (χ2n) is 10.6. The Morgan fingerprint density at radius 3 is 2.68 bits per heavy atom. The molecule has 3 heterocycles. The molecule has 2 unspecified atom stereocenters. The van der Waals surface area contributed by atoms with Gasteiger partial charge in [0.15, 0.2) is 11.5 Å². The predicted octanol–water partition coefficient (Wildman–Crippen LogP) is 6.09. The van der Waals surface area contributed by atoms with Gasteiger partial charge in [0, 0.05) is 4.88 Å². The molecule has 3 aliphatic rings. The Balaban J connectivity index is 1.15. The van der Waals surface area contributed by atoms with Crippen LogP contribution in [0.2, 0.25) is 0 Å². The molecule has 192 valence electrons. The Bertz CT molecular complexity index is 1380. The molecule has 0 spiro atoms. The zero-order valence-corrected chi connectivity index (χ0v) is 22.0. The van der Waals surface area contributed by atoms with E-state index in [4.69, 9.17) is 14.2 Å². The number of benzene rings is 2. The molecule has 37 heavy (non-hydrogen) atoms. The van der Waals surface area contributed by atoms with Crippen LogP contribution in [0.15, 0.2) is 42.5 Å². The molecule has 0 saturated carbocycles. The van der Waals surface area contributed by atoms with Crippen LogP contribution in [0.4, 0.5) is 5.00 Å². The highest BCUT2D eigenvalue weighted by Crippen LogP contribution is 2.47. The normalized spacial score (nSPS) is 19.9. The quantitative estimate of drug-likeness (QED) is 0.314. The van der Waals surface area contributed by atoms with Gasteiger partial charge >= 0.3 is 5.97 Å². The maximum atomic E-state index is 13.2. The standard InChI is InChI=1S/C29H30N2O5S/c1-4-29(2,3)18-8-11-20-23(14-18)37-27-24(20)26(32)30-25(31-27)16-5-9-19(10-6-16)36-28(33)17-7-12-21-22(13-17)35-15-34-21/h5-7,9-10,12-13,18,25,31H,4,8,11,14-15H2,1-3H3,(H,30,32). The van der Waals surface area contributed by atoms with E-state index in [2.05, 4.69) is 31.4 Å². The first-order valence-corrected chi connectivity index (χ1v) is 13.6. The van der Waals surface area contributed by atoms with Gasteiger partial charge in [0.05, 0.1) is 11.1 Å². The van der Waals surface area contributed by atoms with Gasteiger partial charge in [0.25, 0.3) is 5.91 Å². The summed E-state index contributed by atoms with van der Waals surface area (Å²) in [7, 11) is 0. The van der Waals surface area contributed by atoms with Crippen molar-refractivity contribution in [1.29, 1.82) is 0 Å². The highest BCUT2D eigenvalue weighted by Gasteiger charge is 2.37. The summed E-state index contributed by atoms with van der Waals surface area (Å²) in [5, 5.41) is 7.59. The van der Waals surface area contributed by atoms with Gasteiger partial charge in [-0.05, 0) is 72.1 Å². The van der Waals surface area contributed by atoms with Gasteiger partial charge < -0.3 is 24.8 Å². The van der Waals surface area contributed by atoms with E-state index in [0.29, 0.717) is 34.1 Å². The molecular formula is C29H30N2O5S.